The third-order valence-electron chi connectivity index (χ3n) is 2.29. The molecule has 1 heterocycles. The van der Waals surface area contributed by atoms with Crippen LogP contribution in [0.2, 0.25) is 0 Å². The Labute approximate surface area is 98.2 Å². The zero-order valence-corrected chi connectivity index (χ0v) is 10.3. The van der Waals surface area contributed by atoms with Gasteiger partial charge in [-0.3, -0.25) is 4.98 Å². The SMILES string of the molecule is CC.CCc1ccc(-c2ccccc2)cn1. The van der Waals surface area contributed by atoms with Crippen molar-refractivity contribution in [2.75, 3.05) is 0 Å². The first-order valence-electron chi connectivity index (χ1n) is 5.90. The number of hydrogen-bond donors (Lipinski definition) is 0. The highest BCUT2D eigenvalue weighted by Gasteiger charge is 1.96. The fourth-order valence-electron chi connectivity index (χ4n) is 1.43. The summed E-state index contributed by atoms with van der Waals surface area (Å²) in [6, 6.07) is 14.5. The van der Waals surface area contributed by atoms with Crippen LogP contribution >= 0.6 is 0 Å². The number of nitrogens with zero attached hydrogens (tertiary/aromatic N) is 1. The Bertz CT molecular complexity index is 390. The molecule has 0 aliphatic rings. The number of aryl methyl sites for hydroxylation is 1. The van der Waals surface area contributed by atoms with E-state index in [4.69, 9.17) is 0 Å². The zero-order valence-electron chi connectivity index (χ0n) is 10.3. The third kappa shape index (κ3) is 3.20. The molecule has 0 unspecified atom stereocenters. The maximum absolute atomic E-state index is 4.37. The van der Waals surface area contributed by atoms with Crippen LogP contribution in [0.4, 0.5) is 0 Å². The van der Waals surface area contributed by atoms with E-state index in [1.807, 2.05) is 38.2 Å². The molecular formula is C15H19N. The molecule has 0 atom stereocenters. The summed E-state index contributed by atoms with van der Waals surface area (Å²) in [6.45, 7) is 6.12. The molecule has 0 radical (unpaired) electrons. The Hall–Kier alpha value is -1.63. The Morgan fingerprint density at radius 1 is 0.875 bits per heavy atom. The molecule has 0 aliphatic heterocycles. The van der Waals surface area contributed by atoms with Crippen molar-refractivity contribution < 1.29 is 0 Å². The summed E-state index contributed by atoms with van der Waals surface area (Å²) in [6.07, 6.45) is 2.93. The lowest BCUT2D eigenvalue weighted by Gasteiger charge is -2.01. The van der Waals surface area contributed by atoms with Crippen LogP contribution in [0.15, 0.2) is 48.7 Å². The second kappa shape index (κ2) is 6.78. The van der Waals surface area contributed by atoms with Crippen molar-refractivity contribution in [3.8, 4) is 11.1 Å². The molecule has 84 valence electrons. The number of hydrogen-bond acceptors (Lipinski definition) is 1. The van der Waals surface area contributed by atoms with Gasteiger partial charge in [-0.2, -0.15) is 0 Å². The van der Waals surface area contributed by atoms with Gasteiger partial charge in [0.15, 0.2) is 0 Å². The zero-order chi connectivity index (χ0) is 11.8. The molecule has 0 bridgehead atoms. The molecule has 0 saturated carbocycles. The van der Waals surface area contributed by atoms with E-state index in [0.29, 0.717) is 0 Å². The summed E-state index contributed by atoms with van der Waals surface area (Å²) in [7, 11) is 0. The summed E-state index contributed by atoms with van der Waals surface area (Å²) in [5.74, 6) is 0. The molecule has 1 aromatic carbocycles. The smallest absolute Gasteiger partial charge is 0.0401 e. The van der Waals surface area contributed by atoms with E-state index in [2.05, 4.69) is 36.2 Å². The quantitative estimate of drug-likeness (QED) is 0.723. The van der Waals surface area contributed by atoms with Crippen LogP contribution < -0.4 is 0 Å². The van der Waals surface area contributed by atoms with E-state index in [-0.39, 0.29) is 0 Å². The van der Waals surface area contributed by atoms with Crippen molar-refractivity contribution >= 4 is 0 Å². The van der Waals surface area contributed by atoms with Crippen molar-refractivity contribution in [1.82, 2.24) is 4.98 Å². The van der Waals surface area contributed by atoms with Gasteiger partial charge in [0.2, 0.25) is 0 Å². The summed E-state index contributed by atoms with van der Waals surface area (Å²) in [4.78, 5) is 4.37. The van der Waals surface area contributed by atoms with Crippen LogP contribution in [0.25, 0.3) is 11.1 Å². The Balaban J connectivity index is 0.000000606. The van der Waals surface area contributed by atoms with Gasteiger partial charge < -0.3 is 0 Å². The molecule has 0 fully saturated rings. The molecule has 0 saturated heterocycles. The first-order chi connectivity index (χ1) is 7.90. The molecule has 0 N–H and O–H groups in total. The van der Waals surface area contributed by atoms with Gasteiger partial charge in [0, 0.05) is 17.5 Å². The average molecular weight is 213 g/mol. The van der Waals surface area contributed by atoms with Crippen molar-refractivity contribution in [1.29, 1.82) is 0 Å². The first kappa shape index (κ1) is 12.4. The molecule has 2 rings (SSSR count). The van der Waals surface area contributed by atoms with Gasteiger partial charge in [-0.25, -0.2) is 0 Å². The summed E-state index contributed by atoms with van der Waals surface area (Å²) in [5, 5.41) is 0. The number of aromatic nitrogens is 1. The lowest BCUT2D eigenvalue weighted by Crippen LogP contribution is -1.86. The Morgan fingerprint density at radius 2 is 1.56 bits per heavy atom. The van der Waals surface area contributed by atoms with Crippen LogP contribution in [0.3, 0.4) is 0 Å². The summed E-state index contributed by atoms with van der Waals surface area (Å²) in [5.41, 5.74) is 3.55. The van der Waals surface area contributed by atoms with Crippen LogP contribution in [-0.2, 0) is 6.42 Å². The van der Waals surface area contributed by atoms with Gasteiger partial charge >= 0.3 is 0 Å². The van der Waals surface area contributed by atoms with Gasteiger partial charge in [0.05, 0.1) is 0 Å². The van der Waals surface area contributed by atoms with Gasteiger partial charge in [-0.15, -0.1) is 0 Å². The van der Waals surface area contributed by atoms with Crippen molar-refractivity contribution in [2.24, 2.45) is 0 Å². The predicted molar refractivity (Wildman–Crippen MR) is 70.4 cm³/mol. The van der Waals surface area contributed by atoms with Gasteiger partial charge in [-0.1, -0.05) is 57.2 Å². The van der Waals surface area contributed by atoms with Crippen molar-refractivity contribution in [2.45, 2.75) is 27.2 Å². The topological polar surface area (TPSA) is 12.9 Å². The molecule has 0 aliphatic carbocycles. The maximum atomic E-state index is 4.37. The summed E-state index contributed by atoms with van der Waals surface area (Å²) >= 11 is 0. The number of rotatable bonds is 2. The molecule has 1 heteroatoms. The number of pyridine rings is 1. The van der Waals surface area contributed by atoms with Crippen molar-refractivity contribution in [3.05, 3.63) is 54.4 Å². The van der Waals surface area contributed by atoms with E-state index in [1.165, 1.54) is 11.1 Å². The minimum Gasteiger partial charge on any atom is -0.261 e. The fourth-order valence-corrected chi connectivity index (χ4v) is 1.43. The molecule has 16 heavy (non-hydrogen) atoms. The number of benzene rings is 1. The largest absolute Gasteiger partial charge is 0.261 e. The lowest BCUT2D eigenvalue weighted by molar-refractivity contribution is 1.04. The van der Waals surface area contributed by atoms with Crippen LogP contribution in [0.1, 0.15) is 26.5 Å². The highest BCUT2D eigenvalue weighted by atomic mass is 14.7. The minimum atomic E-state index is 0.995. The van der Waals surface area contributed by atoms with Crippen molar-refractivity contribution in [3.63, 3.8) is 0 Å². The van der Waals surface area contributed by atoms with Gasteiger partial charge in [0.25, 0.3) is 0 Å². The molecule has 1 aromatic heterocycles. The minimum absolute atomic E-state index is 0.995. The van der Waals surface area contributed by atoms with E-state index in [0.717, 1.165) is 12.1 Å². The first-order valence-corrected chi connectivity index (χ1v) is 5.90. The second-order valence-corrected chi connectivity index (χ2v) is 3.26. The lowest BCUT2D eigenvalue weighted by atomic mass is 10.1. The molecule has 2 aromatic rings. The van der Waals surface area contributed by atoms with Crippen LogP contribution in [0, 0.1) is 0 Å². The molecular weight excluding hydrogens is 194 g/mol. The standard InChI is InChI=1S/C13H13N.C2H6/c1-2-13-9-8-12(10-14-13)11-6-4-3-5-7-11;1-2/h3-10H,2H2,1H3;1-2H3. The van der Waals surface area contributed by atoms with Crippen LogP contribution in [-0.4, -0.2) is 4.98 Å². The maximum Gasteiger partial charge on any atom is 0.0401 e. The molecule has 0 amide bonds. The highest BCUT2D eigenvalue weighted by Crippen LogP contribution is 2.17. The van der Waals surface area contributed by atoms with E-state index in [9.17, 15) is 0 Å². The fraction of sp³-hybridized carbons (Fsp3) is 0.267. The second-order valence-electron chi connectivity index (χ2n) is 3.26. The van der Waals surface area contributed by atoms with Crippen LogP contribution in [0.5, 0.6) is 0 Å². The Morgan fingerprint density at radius 3 is 2.06 bits per heavy atom. The highest BCUT2D eigenvalue weighted by molar-refractivity contribution is 5.62. The predicted octanol–water partition coefficient (Wildman–Crippen LogP) is 4.34. The van der Waals surface area contributed by atoms with E-state index >= 15 is 0 Å². The Kier molecular flexibility index (Phi) is 5.27. The van der Waals surface area contributed by atoms with Gasteiger partial charge in [-0.05, 0) is 18.1 Å². The molecule has 1 nitrogen and oxygen atoms in total. The third-order valence-corrected chi connectivity index (χ3v) is 2.29. The van der Waals surface area contributed by atoms with E-state index in [1.54, 1.807) is 0 Å². The average Bonchev–Trinajstić information content (AvgIpc) is 2.42. The normalized spacial score (nSPS) is 9.19. The van der Waals surface area contributed by atoms with Gasteiger partial charge in [0.1, 0.15) is 0 Å². The molecule has 0 spiro atoms. The summed E-state index contributed by atoms with van der Waals surface area (Å²) < 4.78 is 0. The monoisotopic (exact) mass is 213 g/mol. The van der Waals surface area contributed by atoms with E-state index < -0.39 is 0 Å².